The summed E-state index contributed by atoms with van der Waals surface area (Å²) in [4.78, 5) is 2.40. The first-order valence-corrected chi connectivity index (χ1v) is 18.7. The highest BCUT2D eigenvalue weighted by atomic mass is 35.5. The van der Waals surface area contributed by atoms with Gasteiger partial charge in [0.15, 0.2) is 0 Å². The summed E-state index contributed by atoms with van der Waals surface area (Å²) >= 11 is 24.8. The van der Waals surface area contributed by atoms with Crippen molar-refractivity contribution in [3.8, 4) is 0 Å². The second-order valence-corrected chi connectivity index (χ2v) is 17.1. The molecule has 2 aliphatic rings. The Morgan fingerprint density at radius 3 is 2.16 bits per heavy atom. The Hall–Kier alpha value is -1.56. The molecule has 43 heavy (non-hydrogen) atoms. The lowest BCUT2D eigenvalue weighted by Gasteiger charge is -2.40. The lowest BCUT2D eigenvalue weighted by molar-refractivity contribution is 0.162. The summed E-state index contributed by atoms with van der Waals surface area (Å²) in [5, 5.41) is 1.33. The minimum atomic E-state index is -3.87. The van der Waals surface area contributed by atoms with E-state index in [9.17, 15) is 16.8 Å². The standard InChI is InChI=1S/C30H33Cl4N3O4S2/c1-35(43(40,41)25-17-23(31)16-24(32)18-25)19-22(21-7-8-27(33)28(34)15-21)9-12-36-13-10-30(11-14-36)20-37(42(2,38)39)29-6-4-3-5-26(29)30/h3-8,15-18,22H,9-14,19-20H2,1-2H3. The minimum absolute atomic E-state index is 0.0294. The van der Waals surface area contributed by atoms with E-state index in [0.29, 0.717) is 23.0 Å². The Morgan fingerprint density at radius 1 is 0.884 bits per heavy atom. The molecule has 1 unspecified atom stereocenters. The van der Waals surface area contributed by atoms with E-state index in [1.54, 1.807) is 23.5 Å². The zero-order valence-corrected chi connectivity index (χ0v) is 28.5. The van der Waals surface area contributed by atoms with E-state index < -0.39 is 20.0 Å². The molecule has 3 aromatic carbocycles. The molecule has 2 aliphatic heterocycles. The molecule has 1 atom stereocenters. The Morgan fingerprint density at radius 2 is 1.53 bits per heavy atom. The molecular formula is C30H33Cl4N3O4S2. The number of likely N-dealkylation sites (tertiary alicyclic amines) is 1. The van der Waals surface area contributed by atoms with Gasteiger partial charge in [-0.15, -0.1) is 0 Å². The zero-order chi connectivity index (χ0) is 31.2. The van der Waals surface area contributed by atoms with Crippen LogP contribution in [0.1, 0.15) is 36.3 Å². The van der Waals surface area contributed by atoms with Gasteiger partial charge in [0.05, 0.1) is 26.9 Å². The third-order valence-corrected chi connectivity index (χ3v) is 12.7. The lowest BCUT2D eigenvalue weighted by Crippen LogP contribution is -2.46. The third kappa shape index (κ3) is 6.99. The Balaban J connectivity index is 1.31. The van der Waals surface area contributed by atoms with E-state index in [0.717, 1.165) is 49.3 Å². The van der Waals surface area contributed by atoms with Crippen molar-refractivity contribution < 1.29 is 16.8 Å². The van der Waals surface area contributed by atoms with Crippen LogP contribution >= 0.6 is 46.4 Å². The summed E-state index contributed by atoms with van der Waals surface area (Å²) in [6.45, 7) is 3.00. The van der Waals surface area contributed by atoms with Gasteiger partial charge in [-0.2, -0.15) is 0 Å². The maximum absolute atomic E-state index is 13.5. The van der Waals surface area contributed by atoms with E-state index in [2.05, 4.69) is 11.0 Å². The zero-order valence-electron chi connectivity index (χ0n) is 23.8. The minimum Gasteiger partial charge on any atom is -0.303 e. The van der Waals surface area contributed by atoms with Crippen LogP contribution in [0.25, 0.3) is 0 Å². The SMILES string of the molecule is CN(CC(CCN1CCC2(CC1)CN(S(C)(=O)=O)c1ccccc12)c1ccc(Cl)c(Cl)c1)S(=O)(=O)c1cc(Cl)cc(Cl)c1. The van der Waals surface area contributed by atoms with Gasteiger partial charge >= 0.3 is 0 Å². The summed E-state index contributed by atoms with van der Waals surface area (Å²) in [5.74, 6) is -0.173. The fourth-order valence-corrected chi connectivity index (χ4v) is 9.49. The molecule has 2 heterocycles. The van der Waals surface area contributed by atoms with Crippen LogP contribution in [0.2, 0.25) is 20.1 Å². The van der Waals surface area contributed by atoms with Gasteiger partial charge in [-0.3, -0.25) is 4.31 Å². The number of piperidine rings is 1. The fourth-order valence-electron chi connectivity index (χ4n) is 6.25. The van der Waals surface area contributed by atoms with Gasteiger partial charge in [-0.25, -0.2) is 21.1 Å². The molecule has 1 saturated heterocycles. The van der Waals surface area contributed by atoms with Crippen LogP contribution in [0.4, 0.5) is 5.69 Å². The van der Waals surface area contributed by atoms with Gasteiger partial charge in [0.25, 0.3) is 0 Å². The topological polar surface area (TPSA) is 78.0 Å². The quantitative estimate of drug-likeness (QED) is 0.242. The lowest BCUT2D eigenvalue weighted by atomic mass is 9.74. The number of likely N-dealkylation sites (N-methyl/N-ethyl adjacent to an activating group) is 1. The summed E-state index contributed by atoms with van der Waals surface area (Å²) in [6.07, 6.45) is 3.60. The molecule has 232 valence electrons. The van der Waals surface area contributed by atoms with Crippen LogP contribution in [0.3, 0.4) is 0 Å². The van der Waals surface area contributed by atoms with Crippen molar-refractivity contribution in [1.29, 1.82) is 0 Å². The van der Waals surface area contributed by atoms with Crippen molar-refractivity contribution in [2.75, 3.05) is 50.3 Å². The van der Waals surface area contributed by atoms with E-state index >= 15 is 0 Å². The van der Waals surface area contributed by atoms with Crippen molar-refractivity contribution in [2.45, 2.75) is 35.5 Å². The Kier molecular flexibility index (Phi) is 9.68. The second-order valence-electron chi connectivity index (χ2n) is 11.5. The maximum Gasteiger partial charge on any atom is 0.242 e. The highest BCUT2D eigenvalue weighted by Crippen LogP contribution is 2.48. The largest absolute Gasteiger partial charge is 0.303 e. The number of halogens is 4. The van der Waals surface area contributed by atoms with Crippen molar-refractivity contribution >= 4 is 72.1 Å². The predicted octanol–water partition coefficient (Wildman–Crippen LogP) is 6.91. The van der Waals surface area contributed by atoms with Crippen molar-refractivity contribution in [1.82, 2.24) is 9.21 Å². The van der Waals surface area contributed by atoms with Gasteiger partial charge in [0, 0.05) is 35.6 Å². The molecule has 1 spiro atoms. The van der Waals surface area contributed by atoms with Crippen LogP contribution in [0.15, 0.2) is 65.6 Å². The second kappa shape index (κ2) is 12.7. The Labute approximate surface area is 274 Å². The van der Waals surface area contributed by atoms with E-state index in [-0.39, 0.29) is 32.8 Å². The third-order valence-electron chi connectivity index (χ3n) is 8.63. The molecule has 7 nitrogen and oxygen atoms in total. The summed E-state index contributed by atoms with van der Waals surface area (Å²) in [5.41, 5.74) is 2.55. The molecular weight excluding hydrogens is 672 g/mol. The number of para-hydroxylation sites is 1. The van der Waals surface area contributed by atoms with Gasteiger partial charge < -0.3 is 4.90 Å². The van der Waals surface area contributed by atoms with Crippen LogP contribution in [-0.2, 0) is 25.5 Å². The predicted molar refractivity (Wildman–Crippen MR) is 176 cm³/mol. The summed E-state index contributed by atoms with van der Waals surface area (Å²) in [7, 11) is -5.71. The van der Waals surface area contributed by atoms with Crippen LogP contribution in [0.5, 0.6) is 0 Å². The van der Waals surface area contributed by atoms with Gasteiger partial charge in [-0.05, 0) is 92.3 Å². The number of nitrogens with zero attached hydrogens (tertiary/aromatic N) is 3. The molecule has 1 fully saturated rings. The number of hydrogen-bond acceptors (Lipinski definition) is 5. The van der Waals surface area contributed by atoms with Crippen molar-refractivity contribution in [3.63, 3.8) is 0 Å². The van der Waals surface area contributed by atoms with E-state index in [1.165, 1.54) is 28.8 Å². The molecule has 13 heteroatoms. The summed E-state index contributed by atoms with van der Waals surface area (Å²) < 4.78 is 54.9. The fraction of sp³-hybridized carbons (Fsp3) is 0.400. The number of hydrogen-bond donors (Lipinski definition) is 0. The molecule has 0 aliphatic carbocycles. The first-order chi connectivity index (χ1) is 20.2. The highest BCUT2D eigenvalue weighted by Gasteiger charge is 2.46. The van der Waals surface area contributed by atoms with Crippen LogP contribution in [-0.4, -0.2) is 72.1 Å². The molecule has 5 rings (SSSR count). The number of fused-ring (bicyclic) bond motifs is 2. The summed E-state index contributed by atoms with van der Waals surface area (Å²) in [6, 6.07) is 17.5. The van der Waals surface area contributed by atoms with E-state index in [1.807, 2.05) is 24.3 Å². The van der Waals surface area contributed by atoms with Gasteiger partial charge in [-0.1, -0.05) is 70.7 Å². The van der Waals surface area contributed by atoms with Gasteiger partial charge in [0.2, 0.25) is 20.0 Å². The van der Waals surface area contributed by atoms with E-state index in [4.69, 9.17) is 46.4 Å². The molecule has 0 aromatic heterocycles. The molecule has 0 radical (unpaired) electrons. The first-order valence-electron chi connectivity index (χ1n) is 13.9. The van der Waals surface area contributed by atoms with Crippen molar-refractivity contribution in [3.05, 3.63) is 91.9 Å². The normalized spacial score (nSPS) is 17.9. The number of benzene rings is 3. The molecule has 0 saturated carbocycles. The first kappa shape index (κ1) is 32.8. The molecule has 0 amide bonds. The highest BCUT2D eigenvalue weighted by molar-refractivity contribution is 7.92. The van der Waals surface area contributed by atoms with Crippen molar-refractivity contribution in [2.24, 2.45) is 0 Å². The van der Waals surface area contributed by atoms with Crippen LogP contribution < -0.4 is 4.31 Å². The number of rotatable bonds is 9. The van der Waals surface area contributed by atoms with Crippen LogP contribution in [0, 0.1) is 0 Å². The maximum atomic E-state index is 13.5. The molecule has 3 aromatic rings. The smallest absolute Gasteiger partial charge is 0.242 e. The Bertz CT molecular complexity index is 1710. The molecule has 0 bridgehead atoms. The average Bonchev–Trinajstić information content (AvgIpc) is 3.27. The number of sulfonamides is 2. The monoisotopic (exact) mass is 703 g/mol. The van der Waals surface area contributed by atoms with Gasteiger partial charge in [0.1, 0.15) is 0 Å². The molecule has 0 N–H and O–H groups in total. The average molecular weight is 706 g/mol. The number of anilines is 1.